The van der Waals surface area contributed by atoms with E-state index in [4.69, 9.17) is 0 Å². The monoisotopic (exact) mass is 537 g/mol. The Morgan fingerprint density at radius 1 is 1.23 bits per heavy atom. The van der Waals surface area contributed by atoms with Gasteiger partial charge in [0.25, 0.3) is 0 Å². The highest BCUT2D eigenvalue weighted by Gasteiger charge is 2.25. The number of aromatic nitrogens is 4. The van der Waals surface area contributed by atoms with Crippen LogP contribution in [0.15, 0.2) is 60.1 Å². The van der Waals surface area contributed by atoms with Crippen LogP contribution in [0, 0.1) is 0 Å². The Hall–Kier alpha value is -2.40. The largest absolute Gasteiger partial charge is 0.383 e. The van der Waals surface area contributed by atoms with E-state index in [1.807, 2.05) is 38.6 Å². The molecule has 8 nitrogen and oxygen atoms in total. The Morgan fingerprint density at radius 2 is 2.00 bits per heavy atom. The van der Waals surface area contributed by atoms with Crippen molar-refractivity contribution in [3.05, 3.63) is 72.1 Å². The van der Waals surface area contributed by atoms with Crippen LogP contribution in [0.2, 0.25) is 0 Å². The van der Waals surface area contributed by atoms with Gasteiger partial charge in [-0.1, -0.05) is 30.3 Å². The molecule has 31 heavy (non-hydrogen) atoms. The van der Waals surface area contributed by atoms with Crippen LogP contribution in [0.3, 0.4) is 0 Å². The van der Waals surface area contributed by atoms with E-state index in [0.717, 1.165) is 30.9 Å². The minimum atomic E-state index is -1.06. The van der Waals surface area contributed by atoms with E-state index in [1.165, 1.54) is 5.56 Å². The fourth-order valence-corrected chi connectivity index (χ4v) is 3.14. The van der Waals surface area contributed by atoms with Crippen LogP contribution in [-0.4, -0.2) is 43.5 Å². The Balaban J connectivity index is 0.00000341. The van der Waals surface area contributed by atoms with Crippen LogP contribution < -0.4 is 10.6 Å². The van der Waals surface area contributed by atoms with E-state index < -0.39 is 5.60 Å². The first-order valence-electron chi connectivity index (χ1n) is 10.3. The van der Waals surface area contributed by atoms with Crippen molar-refractivity contribution in [2.75, 3.05) is 13.1 Å². The molecule has 0 aliphatic carbocycles. The van der Waals surface area contributed by atoms with Crippen LogP contribution in [0.25, 0.3) is 0 Å². The molecule has 3 N–H and O–H groups in total. The zero-order chi connectivity index (χ0) is 21.4. The van der Waals surface area contributed by atoms with E-state index in [9.17, 15) is 5.11 Å². The van der Waals surface area contributed by atoms with Crippen molar-refractivity contribution in [2.24, 2.45) is 12.0 Å². The van der Waals surface area contributed by atoms with Crippen LogP contribution in [0.1, 0.15) is 30.8 Å². The second kappa shape index (κ2) is 11.8. The summed E-state index contributed by atoms with van der Waals surface area (Å²) in [5, 5.41) is 21.4. The lowest BCUT2D eigenvalue weighted by atomic mass is 10.00. The summed E-state index contributed by atoms with van der Waals surface area (Å²) < 4.78 is 3.81. The average molecular weight is 537 g/mol. The quantitative estimate of drug-likeness (QED) is 0.222. The number of rotatable bonds is 9. The number of hydrogen-bond acceptors (Lipinski definition) is 4. The van der Waals surface area contributed by atoms with Gasteiger partial charge in [-0.25, -0.2) is 9.98 Å². The van der Waals surface area contributed by atoms with E-state index in [-0.39, 0.29) is 24.0 Å². The van der Waals surface area contributed by atoms with Gasteiger partial charge in [-0.3, -0.25) is 4.68 Å². The number of halogens is 1. The molecule has 1 unspecified atom stereocenters. The predicted molar refractivity (Wildman–Crippen MR) is 133 cm³/mol. The van der Waals surface area contributed by atoms with Crippen molar-refractivity contribution in [3.63, 3.8) is 0 Å². The number of aliphatic hydroxyl groups is 1. The van der Waals surface area contributed by atoms with Gasteiger partial charge in [0, 0.05) is 44.3 Å². The fraction of sp³-hybridized carbons (Fsp3) is 0.409. The highest BCUT2D eigenvalue weighted by molar-refractivity contribution is 14.0. The van der Waals surface area contributed by atoms with Gasteiger partial charge in [0.2, 0.25) is 0 Å². The molecule has 2 heterocycles. The first-order chi connectivity index (χ1) is 14.5. The van der Waals surface area contributed by atoms with Gasteiger partial charge in [-0.05, 0) is 25.8 Å². The van der Waals surface area contributed by atoms with Gasteiger partial charge in [0.05, 0.1) is 12.7 Å². The van der Waals surface area contributed by atoms with E-state index >= 15 is 0 Å². The van der Waals surface area contributed by atoms with Gasteiger partial charge in [-0.15, -0.1) is 24.0 Å². The Bertz CT molecular complexity index is 950. The minimum absolute atomic E-state index is 0. The topological polar surface area (TPSA) is 92.3 Å². The summed E-state index contributed by atoms with van der Waals surface area (Å²) in [4.78, 5) is 9.11. The zero-order valence-electron chi connectivity index (χ0n) is 18.3. The zero-order valence-corrected chi connectivity index (χ0v) is 20.7. The molecule has 0 bridgehead atoms. The predicted octanol–water partition coefficient (Wildman–Crippen LogP) is 2.44. The third kappa shape index (κ3) is 7.35. The van der Waals surface area contributed by atoms with Crippen LogP contribution in [-0.2, 0) is 32.2 Å². The fourth-order valence-electron chi connectivity index (χ4n) is 3.14. The minimum Gasteiger partial charge on any atom is -0.383 e. The third-order valence-electron chi connectivity index (χ3n) is 4.94. The first kappa shape index (κ1) is 24.9. The van der Waals surface area contributed by atoms with Gasteiger partial charge in [0.1, 0.15) is 18.0 Å². The number of hydrogen-bond donors (Lipinski definition) is 3. The molecule has 3 rings (SSSR count). The molecule has 0 radical (unpaired) electrons. The molecule has 0 spiro atoms. The molecule has 3 aromatic rings. The summed E-state index contributed by atoms with van der Waals surface area (Å²) in [6.45, 7) is 6.12. The molecular formula is C22H32IN7O. The summed E-state index contributed by atoms with van der Waals surface area (Å²) in [5.41, 5.74) is 0.997. The van der Waals surface area contributed by atoms with Crippen molar-refractivity contribution in [2.45, 2.75) is 39.0 Å². The molecule has 0 aliphatic rings. The number of imidazole rings is 1. The molecule has 9 heteroatoms. The second-order valence-corrected chi connectivity index (χ2v) is 7.50. The van der Waals surface area contributed by atoms with Gasteiger partial charge in [0.15, 0.2) is 5.96 Å². The second-order valence-electron chi connectivity index (χ2n) is 7.50. The molecule has 0 aliphatic heterocycles. The van der Waals surface area contributed by atoms with Gasteiger partial charge < -0.3 is 20.3 Å². The normalized spacial score (nSPS) is 13.4. The van der Waals surface area contributed by atoms with Crippen molar-refractivity contribution in [1.29, 1.82) is 0 Å². The molecule has 1 aromatic carbocycles. The third-order valence-corrected chi connectivity index (χ3v) is 4.94. The van der Waals surface area contributed by atoms with Gasteiger partial charge >= 0.3 is 0 Å². The van der Waals surface area contributed by atoms with Crippen LogP contribution in [0.5, 0.6) is 0 Å². The van der Waals surface area contributed by atoms with Crippen molar-refractivity contribution in [3.8, 4) is 0 Å². The number of guanidine groups is 1. The molecule has 168 valence electrons. The summed E-state index contributed by atoms with van der Waals surface area (Å²) in [6, 6.07) is 10.4. The van der Waals surface area contributed by atoms with Gasteiger partial charge in [-0.2, -0.15) is 5.10 Å². The Morgan fingerprint density at radius 3 is 2.68 bits per heavy atom. The Labute approximate surface area is 200 Å². The lowest BCUT2D eigenvalue weighted by Crippen LogP contribution is -2.44. The summed E-state index contributed by atoms with van der Waals surface area (Å²) in [6.07, 6.45) is 8.23. The van der Waals surface area contributed by atoms with Crippen molar-refractivity contribution in [1.82, 2.24) is 30.0 Å². The number of nitrogens with one attached hydrogen (secondary N) is 2. The number of aliphatic imine (C=N–C) groups is 1. The SMILES string of the molecule is CCNC(=NCc1nccn1CCc1ccccc1)NCC(C)(O)c1cnn(C)c1.I. The maximum atomic E-state index is 10.8. The maximum absolute atomic E-state index is 10.8. The van der Waals surface area contributed by atoms with E-state index in [0.29, 0.717) is 19.0 Å². The molecule has 0 fully saturated rings. The molecule has 0 amide bonds. The number of nitrogens with zero attached hydrogens (tertiary/aromatic N) is 5. The number of benzene rings is 1. The van der Waals surface area contributed by atoms with Crippen LogP contribution >= 0.6 is 24.0 Å². The maximum Gasteiger partial charge on any atom is 0.191 e. The summed E-state index contributed by atoms with van der Waals surface area (Å²) in [7, 11) is 1.83. The Kier molecular flexibility index (Phi) is 9.50. The van der Waals surface area contributed by atoms with Crippen molar-refractivity contribution < 1.29 is 5.11 Å². The van der Waals surface area contributed by atoms with E-state index in [2.05, 4.69) is 54.5 Å². The van der Waals surface area contributed by atoms with Crippen molar-refractivity contribution >= 4 is 29.9 Å². The summed E-state index contributed by atoms with van der Waals surface area (Å²) in [5.74, 6) is 1.54. The molecule has 0 saturated carbocycles. The number of aryl methyl sites for hydroxylation is 3. The van der Waals surface area contributed by atoms with Crippen LogP contribution in [0.4, 0.5) is 0 Å². The smallest absolute Gasteiger partial charge is 0.191 e. The summed E-state index contributed by atoms with van der Waals surface area (Å²) >= 11 is 0. The molecular weight excluding hydrogens is 505 g/mol. The standard InChI is InChI=1S/C22H31N7O.HI/c1-4-23-21(26-17-22(2,30)19-14-27-28(3)16-19)25-15-20-24-11-13-29(20)12-10-18-8-6-5-7-9-18;/h5-9,11,13-14,16,30H,4,10,12,15,17H2,1-3H3,(H2,23,25,26);1H. The lowest BCUT2D eigenvalue weighted by Gasteiger charge is -2.23. The highest BCUT2D eigenvalue weighted by Crippen LogP contribution is 2.18. The lowest BCUT2D eigenvalue weighted by molar-refractivity contribution is 0.0616. The van der Waals surface area contributed by atoms with E-state index in [1.54, 1.807) is 17.8 Å². The molecule has 2 aromatic heterocycles. The molecule has 0 saturated heterocycles. The molecule has 1 atom stereocenters. The average Bonchev–Trinajstić information content (AvgIpc) is 3.38. The first-order valence-corrected chi connectivity index (χ1v) is 10.3. The highest BCUT2D eigenvalue weighted by atomic mass is 127.